The van der Waals surface area contributed by atoms with E-state index in [2.05, 4.69) is 128 Å². The van der Waals surface area contributed by atoms with E-state index in [1.165, 1.54) is 22.3 Å². The molecule has 0 radical (unpaired) electrons. The molecule has 0 aromatic carbocycles. The van der Waals surface area contributed by atoms with Gasteiger partial charge in [0, 0.05) is 22.2 Å². The zero-order valence-corrected chi connectivity index (χ0v) is 45.9. The SMILES string of the molecule is C=C(CC[C@@H](C(=O)O)[C@H]1[C@H](O)C[C@@]2(C)C34CC[C@@]5(OO3)C(C)(C)[C@@H](O)CC[C@]5(C)C4=CC[C@]12C)C(C)C.CC(C)=CCC[C@@H](C(=O)O)[C@H]1CC[C@@]2(C)C3=CC[C@H]4C(C)(C)[C@@H](O)CC[C@]4(C)C3=CC[C@]12C. The first kappa shape index (κ1) is 53.7. The van der Waals surface area contributed by atoms with E-state index in [-0.39, 0.29) is 45.0 Å². The maximum atomic E-state index is 12.7. The van der Waals surface area contributed by atoms with Crippen LogP contribution in [0.1, 0.15) is 200 Å². The minimum atomic E-state index is -0.836. The molecular weight excluding hydrogens is 877 g/mol. The highest BCUT2D eigenvalue weighted by atomic mass is 17.2. The second-order valence-corrected chi connectivity index (χ2v) is 27.8. The zero-order valence-electron chi connectivity index (χ0n) is 45.9. The van der Waals surface area contributed by atoms with Crippen LogP contribution >= 0.6 is 0 Å². The van der Waals surface area contributed by atoms with Crippen LogP contribution in [0.15, 0.2) is 58.7 Å². The predicted octanol–water partition coefficient (Wildman–Crippen LogP) is 13.1. The van der Waals surface area contributed by atoms with Gasteiger partial charge in [-0.05, 0) is 178 Å². The van der Waals surface area contributed by atoms with Crippen molar-refractivity contribution in [1.82, 2.24) is 0 Å². The number of aliphatic hydroxyl groups excluding tert-OH is 3. The smallest absolute Gasteiger partial charge is 0.306 e. The number of allylic oxidation sites excluding steroid dienone is 8. The van der Waals surface area contributed by atoms with E-state index >= 15 is 0 Å². The fraction of sp³-hybridized carbons (Fsp3) is 0.803. The molecule has 0 amide bonds. The highest BCUT2D eigenvalue weighted by molar-refractivity contribution is 5.71. The summed E-state index contributed by atoms with van der Waals surface area (Å²) < 4.78 is 0. The average Bonchev–Trinajstić information content (AvgIpc) is 3.67. The molecular formula is C61H94O9. The molecule has 8 aliphatic carbocycles. The normalized spacial score (nSPS) is 45.6. The second kappa shape index (κ2) is 17.5. The van der Waals surface area contributed by atoms with Crippen LogP contribution in [-0.4, -0.2) is 67.0 Å². The summed E-state index contributed by atoms with van der Waals surface area (Å²) in [4.78, 5) is 38.2. The molecule has 2 spiro atoms. The molecule has 2 heterocycles. The lowest BCUT2D eigenvalue weighted by molar-refractivity contribution is -0.522. The molecule has 9 nitrogen and oxygen atoms in total. The summed E-state index contributed by atoms with van der Waals surface area (Å²) in [6.45, 7) is 35.2. The largest absolute Gasteiger partial charge is 0.481 e. The molecule has 10 aliphatic rings. The van der Waals surface area contributed by atoms with E-state index in [1.54, 1.807) is 0 Å². The van der Waals surface area contributed by atoms with E-state index in [0.29, 0.717) is 43.9 Å². The number of rotatable bonds is 11. The molecule has 2 aliphatic heterocycles. The monoisotopic (exact) mass is 971 g/mol. The summed E-state index contributed by atoms with van der Waals surface area (Å²) in [6.07, 6.45) is 21.0. The van der Waals surface area contributed by atoms with Crippen molar-refractivity contribution in [2.75, 3.05) is 0 Å². The number of carbonyl (C=O) groups is 2. The van der Waals surface area contributed by atoms with Gasteiger partial charge in [-0.15, -0.1) is 0 Å². The summed E-state index contributed by atoms with van der Waals surface area (Å²) in [5.74, 6) is -1.82. The van der Waals surface area contributed by atoms with Crippen molar-refractivity contribution in [2.45, 2.75) is 229 Å². The Hall–Kier alpha value is -2.56. The first-order valence-electron chi connectivity index (χ1n) is 27.6. The Balaban J connectivity index is 0.000000190. The van der Waals surface area contributed by atoms with Crippen molar-refractivity contribution < 1.29 is 44.9 Å². The van der Waals surface area contributed by atoms with Gasteiger partial charge in [-0.3, -0.25) is 9.59 Å². The van der Waals surface area contributed by atoms with Crippen molar-refractivity contribution in [3.63, 3.8) is 0 Å². The Bertz CT molecular complexity index is 2230. The molecule has 2 saturated heterocycles. The number of carboxylic acid groups (broad SMARTS) is 2. The molecule has 1 unspecified atom stereocenters. The van der Waals surface area contributed by atoms with Crippen LogP contribution in [0.4, 0.5) is 0 Å². The molecule has 9 heteroatoms. The molecule has 16 atom stereocenters. The zero-order chi connectivity index (χ0) is 51.8. The highest BCUT2D eigenvalue weighted by Crippen LogP contribution is 2.79. The highest BCUT2D eigenvalue weighted by Gasteiger charge is 2.81. The van der Waals surface area contributed by atoms with Gasteiger partial charge < -0.3 is 25.5 Å². The van der Waals surface area contributed by atoms with Crippen molar-refractivity contribution in [3.05, 3.63) is 58.7 Å². The van der Waals surface area contributed by atoms with Crippen molar-refractivity contribution in [3.8, 4) is 0 Å². The van der Waals surface area contributed by atoms with Gasteiger partial charge in [-0.25, -0.2) is 9.78 Å². The first-order chi connectivity index (χ1) is 32.3. The number of hydrogen-bond donors (Lipinski definition) is 5. The quantitative estimate of drug-likeness (QED) is 0.101. The third-order valence-electron chi connectivity index (χ3n) is 24.0. The van der Waals surface area contributed by atoms with E-state index in [9.17, 15) is 35.1 Å². The van der Waals surface area contributed by atoms with Gasteiger partial charge in [0.15, 0.2) is 0 Å². The Morgan fingerprint density at radius 1 is 0.743 bits per heavy atom. The molecule has 70 heavy (non-hydrogen) atoms. The molecule has 7 fully saturated rings. The number of aliphatic hydroxyl groups is 3. The molecule has 0 aromatic heterocycles. The number of fused-ring (bicyclic) bond motifs is 8. The number of carboxylic acids is 2. The maximum Gasteiger partial charge on any atom is 0.306 e. The van der Waals surface area contributed by atoms with Gasteiger partial charge >= 0.3 is 11.9 Å². The van der Waals surface area contributed by atoms with E-state index < -0.39 is 63.4 Å². The molecule has 392 valence electrons. The summed E-state index contributed by atoms with van der Waals surface area (Å²) in [6, 6.07) is 0. The van der Waals surface area contributed by atoms with E-state index in [0.717, 1.165) is 76.2 Å². The van der Waals surface area contributed by atoms with Gasteiger partial charge in [-0.2, -0.15) is 0 Å². The third-order valence-corrected chi connectivity index (χ3v) is 24.0. The molecule has 2 bridgehead atoms. The number of hydrogen-bond acceptors (Lipinski definition) is 7. The second-order valence-electron chi connectivity index (χ2n) is 27.8. The minimum Gasteiger partial charge on any atom is -0.481 e. The lowest BCUT2D eigenvalue weighted by atomic mass is 9.37. The van der Waals surface area contributed by atoms with Crippen molar-refractivity contribution in [2.24, 2.45) is 78.8 Å². The fourth-order valence-electron chi connectivity index (χ4n) is 18.8. The van der Waals surface area contributed by atoms with Crippen LogP contribution in [0.3, 0.4) is 0 Å². The first-order valence-corrected chi connectivity index (χ1v) is 27.6. The summed E-state index contributed by atoms with van der Waals surface area (Å²) in [5, 5.41) is 54.0. The average molecular weight is 971 g/mol. The van der Waals surface area contributed by atoms with Gasteiger partial charge in [-0.1, -0.05) is 125 Å². The van der Waals surface area contributed by atoms with Gasteiger partial charge in [0.25, 0.3) is 0 Å². The summed E-state index contributed by atoms with van der Waals surface area (Å²) in [7, 11) is 0. The van der Waals surface area contributed by atoms with Crippen LogP contribution in [0.25, 0.3) is 0 Å². The van der Waals surface area contributed by atoms with Gasteiger partial charge in [0.1, 0.15) is 11.2 Å². The van der Waals surface area contributed by atoms with Crippen LogP contribution < -0.4 is 0 Å². The third kappa shape index (κ3) is 7.11. The van der Waals surface area contributed by atoms with Crippen LogP contribution in [-0.2, 0) is 19.4 Å². The molecule has 5 saturated carbocycles. The Morgan fingerprint density at radius 3 is 1.97 bits per heavy atom. The predicted molar refractivity (Wildman–Crippen MR) is 276 cm³/mol. The fourth-order valence-corrected chi connectivity index (χ4v) is 18.8. The minimum absolute atomic E-state index is 0.0245. The molecule has 5 N–H and O–H groups in total. The van der Waals surface area contributed by atoms with Gasteiger partial charge in [0.2, 0.25) is 0 Å². The van der Waals surface area contributed by atoms with Crippen LogP contribution in [0, 0.1) is 78.8 Å². The van der Waals surface area contributed by atoms with Gasteiger partial charge in [0.05, 0.1) is 30.1 Å². The lowest BCUT2D eigenvalue weighted by Gasteiger charge is -2.74. The Morgan fingerprint density at radius 2 is 1.37 bits per heavy atom. The van der Waals surface area contributed by atoms with Crippen molar-refractivity contribution >= 4 is 11.9 Å². The maximum absolute atomic E-state index is 12.7. The van der Waals surface area contributed by atoms with Crippen LogP contribution in [0.5, 0.6) is 0 Å². The standard InChI is InChI=1S/C31H48O6.C30H46O3/c1-18(2)19(3)9-10-20(25(34)35)24-21(32)17-29(8)28(24,7)13-11-22-27(6)14-12-23(33)26(4,5)31(27)16-15-30(22,29)36-37-31;1-19(2)9-8-10-20(26(32)33)21-13-17-30(7)23-11-12-24-27(3,4)25(31)15-16-28(24,5)22(23)14-18-29(21,30)6/h11,18,20-21,23-24,32-33H,3,9-10,12-17H2,1-2,4-8H3,(H,34,35);9,11,14,20-21,24-25,31H,8,10,12-13,15-18H2,1-7H3,(H,32,33)/t20-,21-,23+,24+,27-,28-,29-,30?,31-;20-,21-,24+,25+,28-,29-,30+/m11/s1. The Kier molecular flexibility index (Phi) is 13.4. The molecule has 10 rings (SSSR count). The van der Waals surface area contributed by atoms with E-state index in [1.807, 2.05) is 0 Å². The lowest BCUT2D eigenvalue weighted by Crippen LogP contribution is -2.78. The van der Waals surface area contributed by atoms with Crippen LogP contribution in [0.2, 0.25) is 0 Å². The summed E-state index contributed by atoms with van der Waals surface area (Å²) >= 11 is 0. The summed E-state index contributed by atoms with van der Waals surface area (Å²) in [5.41, 5.74) is 3.57. The topological polar surface area (TPSA) is 154 Å². The van der Waals surface area contributed by atoms with Crippen molar-refractivity contribution in [1.29, 1.82) is 0 Å². The van der Waals surface area contributed by atoms with E-state index in [4.69, 9.17) is 9.78 Å². The number of aliphatic carboxylic acids is 2. The molecule has 0 aromatic rings. The Labute approximate surface area is 422 Å².